The molecule has 0 radical (unpaired) electrons. The van der Waals surface area contributed by atoms with Gasteiger partial charge in [-0.3, -0.25) is 4.90 Å². The van der Waals surface area contributed by atoms with Gasteiger partial charge in [-0.1, -0.05) is 11.3 Å². The number of carbonyl (C=O) groups is 1. The summed E-state index contributed by atoms with van der Waals surface area (Å²) in [7, 11) is 1.84. The van der Waals surface area contributed by atoms with Gasteiger partial charge in [-0.05, 0) is 56.0 Å². The van der Waals surface area contributed by atoms with Gasteiger partial charge in [0.05, 0.1) is 12.1 Å². The second-order valence-corrected chi connectivity index (χ2v) is 9.61. The number of amides is 1. The van der Waals surface area contributed by atoms with E-state index in [9.17, 15) is 4.79 Å². The van der Waals surface area contributed by atoms with Crippen LogP contribution in [-0.2, 0) is 4.74 Å². The third-order valence-electron chi connectivity index (χ3n) is 4.59. The van der Waals surface area contributed by atoms with Crippen LogP contribution in [0, 0.1) is 0 Å². The number of ether oxygens (including phenoxy) is 1. The number of carbonyl (C=O) groups excluding carboxylic acids is 1. The number of fused-ring (bicyclic) bond motifs is 2. The van der Waals surface area contributed by atoms with E-state index in [2.05, 4.69) is 26.1 Å². The van der Waals surface area contributed by atoms with Gasteiger partial charge in [0.25, 0.3) is 0 Å². The predicted octanol–water partition coefficient (Wildman–Crippen LogP) is 3.62. The van der Waals surface area contributed by atoms with Crippen molar-refractivity contribution in [2.24, 2.45) is 0 Å². The first-order valence-electron chi connectivity index (χ1n) is 8.04. The molecule has 2 saturated heterocycles. The van der Waals surface area contributed by atoms with Crippen LogP contribution in [0.4, 0.5) is 14.3 Å². The topological polar surface area (TPSA) is 58.6 Å². The molecule has 24 heavy (non-hydrogen) atoms. The van der Waals surface area contributed by atoms with Crippen molar-refractivity contribution in [1.82, 2.24) is 15.1 Å². The van der Waals surface area contributed by atoms with Crippen LogP contribution in [0.3, 0.4) is 0 Å². The standard InChI is InChI=1S/C15H22BrFN4O2S/c1-15(2,3)23-14(22)21-8-5-6-9(21)11(17)10(7-8)20(4)13-19-18-12(16)24-13/h8-11H,5-7H2,1-4H3/t8-,9+,10-,11+/m1/s1. The molecular weight excluding hydrogens is 399 g/mol. The van der Waals surface area contributed by atoms with Crippen molar-refractivity contribution in [2.45, 2.75) is 69.9 Å². The zero-order valence-corrected chi connectivity index (χ0v) is 16.6. The minimum absolute atomic E-state index is 0.0145. The number of rotatable bonds is 2. The maximum atomic E-state index is 15.2. The lowest BCUT2D eigenvalue weighted by Crippen LogP contribution is -2.59. The molecule has 1 aromatic heterocycles. The first-order chi connectivity index (χ1) is 11.2. The maximum absolute atomic E-state index is 15.2. The fourth-order valence-electron chi connectivity index (χ4n) is 3.57. The molecule has 0 aliphatic carbocycles. The number of piperidine rings is 1. The number of nitrogens with zero attached hydrogens (tertiary/aromatic N) is 4. The van der Waals surface area contributed by atoms with Crippen molar-refractivity contribution in [3.05, 3.63) is 3.92 Å². The highest BCUT2D eigenvalue weighted by molar-refractivity contribution is 9.11. The number of aromatic nitrogens is 2. The fraction of sp³-hybridized carbons (Fsp3) is 0.800. The quantitative estimate of drug-likeness (QED) is 0.730. The van der Waals surface area contributed by atoms with Crippen LogP contribution in [-0.4, -0.2) is 58.1 Å². The smallest absolute Gasteiger partial charge is 0.410 e. The predicted molar refractivity (Wildman–Crippen MR) is 94.2 cm³/mol. The van der Waals surface area contributed by atoms with E-state index < -0.39 is 23.9 Å². The van der Waals surface area contributed by atoms with Crippen LogP contribution in [0.1, 0.15) is 40.0 Å². The molecule has 0 N–H and O–H groups in total. The van der Waals surface area contributed by atoms with Crippen molar-refractivity contribution in [2.75, 3.05) is 11.9 Å². The number of anilines is 1. The molecule has 0 unspecified atom stereocenters. The Hall–Kier alpha value is -0.960. The van der Waals surface area contributed by atoms with Crippen LogP contribution in [0.25, 0.3) is 0 Å². The van der Waals surface area contributed by atoms with Crippen molar-refractivity contribution >= 4 is 38.5 Å². The van der Waals surface area contributed by atoms with E-state index in [1.54, 1.807) is 4.90 Å². The van der Waals surface area contributed by atoms with Gasteiger partial charge in [0.15, 0.2) is 3.92 Å². The molecule has 2 aliphatic heterocycles. The van der Waals surface area contributed by atoms with Gasteiger partial charge in [0, 0.05) is 13.1 Å². The summed E-state index contributed by atoms with van der Waals surface area (Å²) in [5, 5.41) is 8.69. The molecule has 134 valence electrons. The van der Waals surface area contributed by atoms with Crippen LogP contribution in [0.5, 0.6) is 0 Å². The summed E-state index contributed by atoms with van der Waals surface area (Å²) in [5.74, 6) is 0. The zero-order chi connectivity index (χ0) is 17.6. The molecule has 0 saturated carbocycles. The number of hydrogen-bond acceptors (Lipinski definition) is 6. The first kappa shape index (κ1) is 17.8. The Kier molecular flexibility index (Phi) is 4.76. The highest BCUT2D eigenvalue weighted by atomic mass is 79.9. The summed E-state index contributed by atoms with van der Waals surface area (Å²) in [6.45, 7) is 5.48. The van der Waals surface area contributed by atoms with E-state index in [-0.39, 0.29) is 12.1 Å². The lowest BCUT2D eigenvalue weighted by atomic mass is 9.95. The second-order valence-electron chi connectivity index (χ2n) is 7.38. The van der Waals surface area contributed by atoms with Gasteiger partial charge in [-0.2, -0.15) is 0 Å². The molecule has 2 aliphatic rings. The molecule has 2 bridgehead atoms. The molecule has 2 fully saturated rings. The molecule has 3 heterocycles. The average Bonchev–Trinajstić information content (AvgIpc) is 3.04. The molecule has 0 spiro atoms. The summed E-state index contributed by atoms with van der Waals surface area (Å²) in [4.78, 5) is 15.9. The van der Waals surface area contributed by atoms with Gasteiger partial charge < -0.3 is 9.64 Å². The van der Waals surface area contributed by atoms with E-state index in [1.165, 1.54) is 11.3 Å². The Morgan fingerprint density at radius 2 is 2.12 bits per heavy atom. The minimum atomic E-state index is -1.14. The van der Waals surface area contributed by atoms with Crippen molar-refractivity contribution in [3.63, 3.8) is 0 Å². The van der Waals surface area contributed by atoms with E-state index in [4.69, 9.17) is 4.74 Å². The largest absolute Gasteiger partial charge is 0.444 e. The normalized spacial score (nSPS) is 29.7. The average molecular weight is 421 g/mol. The molecule has 4 atom stereocenters. The van der Waals surface area contributed by atoms with Crippen LogP contribution < -0.4 is 4.90 Å². The zero-order valence-electron chi connectivity index (χ0n) is 14.2. The number of hydrogen-bond donors (Lipinski definition) is 0. The summed E-state index contributed by atoms with van der Waals surface area (Å²) in [5.41, 5.74) is -0.575. The highest BCUT2D eigenvalue weighted by Gasteiger charge is 2.52. The molecule has 1 amide bonds. The molecule has 9 heteroatoms. The van der Waals surface area contributed by atoms with Crippen LogP contribution >= 0.6 is 27.3 Å². The van der Waals surface area contributed by atoms with Crippen molar-refractivity contribution < 1.29 is 13.9 Å². The van der Waals surface area contributed by atoms with Crippen LogP contribution in [0.2, 0.25) is 0 Å². The highest BCUT2D eigenvalue weighted by Crippen LogP contribution is 2.41. The summed E-state index contributed by atoms with van der Waals surface area (Å²) in [6.07, 6.45) is 0.523. The van der Waals surface area contributed by atoms with Gasteiger partial charge in [0.2, 0.25) is 5.13 Å². The number of alkyl halides is 1. The second kappa shape index (κ2) is 6.40. The van der Waals surface area contributed by atoms with Crippen molar-refractivity contribution in [3.8, 4) is 0 Å². The lowest BCUT2D eigenvalue weighted by Gasteiger charge is -2.44. The van der Waals surface area contributed by atoms with Gasteiger partial charge in [-0.25, -0.2) is 9.18 Å². The maximum Gasteiger partial charge on any atom is 0.410 e. The Morgan fingerprint density at radius 3 is 2.71 bits per heavy atom. The fourth-order valence-corrected chi connectivity index (χ4v) is 4.68. The van der Waals surface area contributed by atoms with E-state index in [0.717, 1.165) is 6.42 Å². The third kappa shape index (κ3) is 3.37. The van der Waals surface area contributed by atoms with Gasteiger partial charge in [0.1, 0.15) is 11.8 Å². The number of halogens is 2. The van der Waals surface area contributed by atoms with Crippen molar-refractivity contribution in [1.29, 1.82) is 0 Å². The Balaban J connectivity index is 1.75. The first-order valence-corrected chi connectivity index (χ1v) is 9.65. The van der Waals surface area contributed by atoms with E-state index >= 15 is 4.39 Å². The Bertz CT molecular complexity index is 623. The van der Waals surface area contributed by atoms with E-state index in [1.807, 2.05) is 32.7 Å². The molecule has 1 aromatic rings. The third-order valence-corrected chi connectivity index (χ3v) is 6.03. The summed E-state index contributed by atoms with van der Waals surface area (Å²) < 4.78 is 21.3. The molecular formula is C15H22BrFN4O2S. The summed E-state index contributed by atoms with van der Waals surface area (Å²) >= 11 is 4.67. The van der Waals surface area contributed by atoms with Crippen LogP contribution in [0.15, 0.2) is 3.92 Å². The minimum Gasteiger partial charge on any atom is -0.444 e. The Labute approximate surface area is 153 Å². The van der Waals surface area contributed by atoms with Gasteiger partial charge in [-0.15, -0.1) is 10.2 Å². The molecule has 6 nitrogen and oxygen atoms in total. The summed E-state index contributed by atoms with van der Waals surface area (Å²) in [6, 6.07) is -0.718. The van der Waals surface area contributed by atoms with Gasteiger partial charge >= 0.3 is 6.09 Å². The molecule has 0 aromatic carbocycles. The molecule has 3 rings (SSSR count). The van der Waals surface area contributed by atoms with E-state index in [0.29, 0.717) is 21.9 Å². The SMILES string of the molecule is CN(c1nnc(Br)s1)[C@@H]1C[C@H]2CC[C@@H]([C@@H]1F)N2C(=O)OC(C)(C)C. The Morgan fingerprint density at radius 1 is 1.42 bits per heavy atom. The lowest BCUT2D eigenvalue weighted by molar-refractivity contribution is -0.0103. The monoisotopic (exact) mass is 420 g/mol.